The predicted octanol–water partition coefficient (Wildman–Crippen LogP) is 3.85. The second kappa shape index (κ2) is 5.97. The second-order valence-electron chi connectivity index (χ2n) is 3.95. The monoisotopic (exact) mass is 276 g/mol. The first-order valence-electron chi connectivity index (χ1n) is 5.68. The zero-order chi connectivity index (χ0) is 14.5. The van der Waals surface area contributed by atoms with Gasteiger partial charge in [-0.05, 0) is 35.9 Å². The van der Waals surface area contributed by atoms with E-state index in [1.165, 1.54) is 30.3 Å². The van der Waals surface area contributed by atoms with Crippen LogP contribution in [0.25, 0.3) is 6.08 Å². The van der Waals surface area contributed by atoms with Crippen LogP contribution in [0.15, 0.2) is 48.5 Å². The molecule has 0 saturated carbocycles. The van der Waals surface area contributed by atoms with Crippen molar-refractivity contribution in [3.8, 4) is 11.5 Å². The molecule has 5 heteroatoms. The van der Waals surface area contributed by atoms with Crippen LogP contribution in [0, 0.1) is 11.6 Å². The Hall–Kier alpha value is -2.69. The number of ether oxygens (including phenoxy) is 1. The normalized spacial score (nSPS) is 10.7. The standard InChI is InChI=1S/C15H10F2O3/c16-11-2-1-3-13(8-11)20-14-7-10(4-5-15(18)19)6-12(17)9-14/h1-9H,(H,18,19)/b5-4+. The van der Waals surface area contributed by atoms with Crippen molar-refractivity contribution in [2.24, 2.45) is 0 Å². The molecule has 2 aromatic carbocycles. The van der Waals surface area contributed by atoms with Gasteiger partial charge in [0.1, 0.15) is 23.1 Å². The van der Waals surface area contributed by atoms with Crippen molar-refractivity contribution in [2.45, 2.75) is 0 Å². The van der Waals surface area contributed by atoms with E-state index in [0.29, 0.717) is 5.56 Å². The Morgan fingerprint density at radius 1 is 1.05 bits per heavy atom. The van der Waals surface area contributed by atoms with E-state index in [1.54, 1.807) is 0 Å². The number of halogens is 2. The maximum absolute atomic E-state index is 13.4. The average molecular weight is 276 g/mol. The molecule has 0 fully saturated rings. The zero-order valence-electron chi connectivity index (χ0n) is 10.2. The lowest BCUT2D eigenvalue weighted by Crippen LogP contribution is -1.89. The number of aliphatic carboxylic acids is 1. The van der Waals surface area contributed by atoms with Gasteiger partial charge in [0.05, 0.1) is 0 Å². The number of carboxylic acid groups (broad SMARTS) is 1. The van der Waals surface area contributed by atoms with Crippen LogP contribution in [-0.4, -0.2) is 11.1 Å². The summed E-state index contributed by atoms with van der Waals surface area (Å²) >= 11 is 0. The summed E-state index contributed by atoms with van der Waals surface area (Å²) in [6.07, 6.45) is 2.13. The van der Waals surface area contributed by atoms with Crippen molar-refractivity contribution < 1.29 is 23.4 Å². The van der Waals surface area contributed by atoms with Gasteiger partial charge in [0.25, 0.3) is 0 Å². The molecule has 2 rings (SSSR count). The summed E-state index contributed by atoms with van der Waals surface area (Å²) in [5.74, 6) is -1.81. The average Bonchev–Trinajstić information content (AvgIpc) is 2.35. The molecule has 0 bridgehead atoms. The second-order valence-corrected chi connectivity index (χ2v) is 3.95. The Bertz CT molecular complexity index is 666. The molecule has 2 aromatic rings. The topological polar surface area (TPSA) is 46.5 Å². The minimum atomic E-state index is -1.14. The van der Waals surface area contributed by atoms with E-state index in [9.17, 15) is 13.6 Å². The third-order valence-electron chi connectivity index (χ3n) is 2.34. The van der Waals surface area contributed by atoms with Gasteiger partial charge in [-0.3, -0.25) is 0 Å². The van der Waals surface area contributed by atoms with Crippen LogP contribution in [-0.2, 0) is 4.79 Å². The minimum absolute atomic E-state index is 0.153. The maximum Gasteiger partial charge on any atom is 0.328 e. The van der Waals surface area contributed by atoms with Crippen molar-refractivity contribution in [3.05, 3.63) is 65.7 Å². The van der Waals surface area contributed by atoms with E-state index >= 15 is 0 Å². The fraction of sp³-hybridized carbons (Fsp3) is 0. The number of carboxylic acids is 1. The van der Waals surface area contributed by atoms with Crippen LogP contribution in [0.3, 0.4) is 0 Å². The largest absolute Gasteiger partial charge is 0.478 e. The van der Waals surface area contributed by atoms with Crippen LogP contribution in [0.4, 0.5) is 8.78 Å². The maximum atomic E-state index is 13.4. The number of hydrogen-bond acceptors (Lipinski definition) is 2. The van der Waals surface area contributed by atoms with Gasteiger partial charge >= 0.3 is 5.97 Å². The van der Waals surface area contributed by atoms with Gasteiger partial charge in [0, 0.05) is 18.2 Å². The van der Waals surface area contributed by atoms with Crippen LogP contribution < -0.4 is 4.74 Å². The lowest BCUT2D eigenvalue weighted by molar-refractivity contribution is -0.131. The Labute approximate surface area is 113 Å². The minimum Gasteiger partial charge on any atom is -0.478 e. The highest BCUT2D eigenvalue weighted by atomic mass is 19.1. The molecule has 0 aliphatic carbocycles. The summed E-state index contributed by atoms with van der Waals surface area (Å²) in [6, 6.07) is 9.17. The molecule has 0 radical (unpaired) electrons. The Morgan fingerprint density at radius 3 is 2.50 bits per heavy atom. The number of carbonyl (C=O) groups is 1. The molecule has 0 unspecified atom stereocenters. The summed E-state index contributed by atoms with van der Waals surface area (Å²) in [5.41, 5.74) is 0.332. The zero-order valence-corrected chi connectivity index (χ0v) is 10.2. The first kappa shape index (κ1) is 13.7. The molecule has 0 aromatic heterocycles. The molecule has 1 N–H and O–H groups in total. The smallest absolute Gasteiger partial charge is 0.328 e. The molecule has 0 aliphatic heterocycles. The Balaban J connectivity index is 2.26. The highest BCUT2D eigenvalue weighted by molar-refractivity contribution is 5.85. The van der Waals surface area contributed by atoms with Gasteiger partial charge in [0.2, 0.25) is 0 Å². The summed E-state index contributed by atoms with van der Waals surface area (Å²) in [5, 5.41) is 8.53. The van der Waals surface area contributed by atoms with Gasteiger partial charge in [0.15, 0.2) is 0 Å². The van der Waals surface area contributed by atoms with Crippen LogP contribution in [0.1, 0.15) is 5.56 Å². The highest BCUT2D eigenvalue weighted by Gasteiger charge is 2.03. The molecule has 3 nitrogen and oxygen atoms in total. The van der Waals surface area contributed by atoms with E-state index in [-0.39, 0.29) is 11.5 Å². The fourth-order valence-corrected chi connectivity index (χ4v) is 1.57. The molecular formula is C15H10F2O3. The van der Waals surface area contributed by atoms with Crippen LogP contribution >= 0.6 is 0 Å². The third-order valence-corrected chi connectivity index (χ3v) is 2.34. The van der Waals surface area contributed by atoms with Crippen molar-refractivity contribution in [1.29, 1.82) is 0 Å². The predicted molar refractivity (Wildman–Crippen MR) is 69.5 cm³/mol. The summed E-state index contributed by atoms with van der Waals surface area (Å²) in [4.78, 5) is 10.4. The molecule has 0 heterocycles. The molecule has 0 atom stereocenters. The van der Waals surface area contributed by atoms with Crippen molar-refractivity contribution in [3.63, 3.8) is 0 Å². The van der Waals surface area contributed by atoms with Crippen LogP contribution in [0.5, 0.6) is 11.5 Å². The SMILES string of the molecule is O=C(O)/C=C/c1cc(F)cc(Oc2cccc(F)c2)c1. The van der Waals surface area contributed by atoms with Gasteiger partial charge in [-0.15, -0.1) is 0 Å². The fourth-order valence-electron chi connectivity index (χ4n) is 1.57. The van der Waals surface area contributed by atoms with E-state index in [0.717, 1.165) is 24.3 Å². The number of hydrogen-bond donors (Lipinski definition) is 1. The molecule has 20 heavy (non-hydrogen) atoms. The number of rotatable bonds is 4. The number of benzene rings is 2. The highest BCUT2D eigenvalue weighted by Crippen LogP contribution is 2.24. The summed E-state index contributed by atoms with van der Waals surface area (Å²) in [6.45, 7) is 0. The molecule has 0 aliphatic rings. The Kier molecular flexibility index (Phi) is 4.10. The molecule has 0 saturated heterocycles. The van der Waals surface area contributed by atoms with E-state index in [4.69, 9.17) is 9.84 Å². The molecule has 0 spiro atoms. The third kappa shape index (κ3) is 3.91. The van der Waals surface area contributed by atoms with E-state index in [2.05, 4.69) is 0 Å². The summed E-state index contributed by atoms with van der Waals surface area (Å²) < 4.78 is 31.7. The quantitative estimate of drug-likeness (QED) is 0.863. The molecular weight excluding hydrogens is 266 g/mol. The van der Waals surface area contributed by atoms with E-state index in [1.807, 2.05) is 0 Å². The lowest BCUT2D eigenvalue weighted by atomic mass is 10.2. The first-order valence-corrected chi connectivity index (χ1v) is 5.68. The van der Waals surface area contributed by atoms with Gasteiger partial charge in [-0.2, -0.15) is 0 Å². The Morgan fingerprint density at radius 2 is 1.80 bits per heavy atom. The summed E-state index contributed by atoms with van der Waals surface area (Å²) in [7, 11) is 0. The van der Waals surface area contributed by atoms with Crippen molar-refractivity contribution >= 4 is 12.0 Å². The van der Waals surface area contributed by atoms with Crippen molar-refractivity contribution in [2.75, 3.05) is 0 Å². The first-order chi connectivity index (χ1) is 9.52. The van der Waals surface area contributed by atoms with Crippen molar-refractivity contribution in [1.82, 2.24) is 0 Å². The molecule has 0 amide bonds. The van der Waals surface area contributed by atoms with Gasteiger partial charge in [-0.25, -0.2) is 13.6 Å². The lowest BCUT2D eigenvalue weighted by Gasteiger charge is -2.07. The van der Waals surface area contributed by atoms with Gasteiger partial charge < -0.3 is 9.84 Å². The van der Waals surface area contributed by atoms with E-state index < -0.39 is 17.6 Å². The molecule has 102 valence electrons. The van der Waals surface area contributed by atoms with Crippen LogP contribution in [0.2, 0.25) is 0 Å². The van der Waals surface area contributed by atoms with Gasteiger partial charge in [-0.1, -0.05) is 6.07 Å².